The van der Waals surface area contributed by atoms with E-state index in [4.69, 9.17) is 10.8 Å². The number of nitrogens with two attached hydrogens (primary N) is 1. The average Bonchev–Trinajstić information content (AvgIpc) is 2.17. The third kappa shape index (κ3) is 3.46. The Kier molecular flexibility index (Phi) is 4.33. The molecule has 1 aliphatic rings. The molecular weight excluding hydrogens is 204 g/mol. The van der Waals surface area contributed by atoms with Crippen LogP contribution in [0.15, 0.2) is 0 Å². The van der Waals surface area contributed by atoms with Crippen LogP contribution >= 0.6 is 0 Å². The summed E-state index contributed by atoms with van der Waals surface area (Å²) in [6.07, 6.45) is 2.32. The van der Waals surface area contributed by atoms with E-state index >= 15 is 0 Å². The maximum absolute atomic E-state index is 10.9. The molecule has 0 aromatic rings. The summed E-state index contributed by atoms with van der Waals surface area (Å²) >= 11 is 0. The molecule has 16 heavy (non-hydrogen) atoms. The molecule has 1 fully saturated rings. The molecule has 0 aromatic carbocycles. The molecule has 0 spiro atoms. The van der Waals surface area contributed by atoms with E-state index in [0.29, 0.717) is 6.54 Å². The Morgan fingerprint density at radius 1 is 1.50 bits per heavy atom. The number of aliphatic carboxylic acids is 1. The molecule has 1 aliphatic heterocycles. The average molecular weight is 228 g/mol. The number of carboxylic acids is 1. The SMILES string of the molecule is CC(C)C1CCN(CC(C)(N)C(=O)O)CC1. The van der Waals surface area contributed by atoms with E-state index < -0.39 is 11.5 Å². The van der Waals surface area contributed by atoms with Crippen molar-refractivity contribution in [2.24, 2.45) is 17.6 Å². The van der Waals surface area contributed by atoms with Crippen LogP contribution in [-0.2, 0) is 4.79 Å². The highest BCUT2D eigenvalue weighted by molar-refractivity contribution is 5.78. The van der Waals surface area contributed by atoms with Gasteiger partial charge in [0.05, 0.1) is 0 Å². The maximum Gasteiger partial charge on any atom is 0.324 e. The number of carboxylic acid groups (broad SMARTS) is 1. The lowest BCUT2D eigenvalue weighted by atomic mass is 9.86. The molecule has 94 valence electrons. The predicted octanol–water partition coefficient (Wildman–Crippen LogP) is 1.16. The fourth-order valence-electron chi connectivity index (χ4n) is 2.31. The summed E-state index contributed by atoms with van der Waals surface area (Å²) in [6, 6.07) is 0. The molecule has 4 heteroatoms. The number of hydrogen-bond donors (Lipinski definition) is 2. The quantitative estimate of drug-likeness (QED) is 0.757. The van der Waals surface area contributed by atoms with E-state index in [-0.39, 0.29) is 0 Å². The zero-order valence-electron chi connectivity index (χ0n) is 10.6. The summed E-state index contributed by atoms with van der Waals surface area (Å²) in [6.45, 7) is 8.50. The third-order valence-corrected chi connectivity index (χ3v) is 3.62. The van der Waals surface area contributed by atoms with Gasteiger partial charge in [0, 0.05) is 6.54 Å². The number of nitrogens with zero attached hydrogens (tertiary/aromatic N) is 1. The van der Waals surface area contributed by atoms with Gasteiger partial charge in [-0.1, -0.05) is 13.8 Å². The van der Waals surface area contributed by atoms with Gasteiger partial charge >= 0.3 is 5.97 Å². The minimum absolute atomic E-state index is 0.452. The van der Waals surface area contributed by atoms with Crippen molar-refractivity contribution in [3.63, 3.8) is 0 Å². The van der Waals surface area contributed by atoms with Gasteiger partial charge in [-0.05, 0) is 44.7 Å². The summed E-state index contributed by atoms with van der Waals surface area (Å²) < 4.78 is 0. The van der Waals surface area contributed by atoms with Crippen LogP contribution in [0, 0.1) is 11.8 Å². The van der Waals surface area contributed by atoms with Crippen molar-refractivity contribution >= 4 is 5.97 Å². The molecule has 0 bridgehead atoms. The Bertz CT molecular complexity index is 243. The predicted molar refractivity (Wildman–Crippen MR) is 64.2 cm³/mol. The summed E-state index contributed by atoms with van der Waals surface area (Å²) in [4.78, 5) is 13.1. The first-order valence-corrected chi connectivity index (χ1v) is 6.07. The van der Waals surface area contributed by atoms with Crippen LogP contribution in [0.3, 0.4) is 0 Å². The van der Waals surface area contributed by atoms with Crippen molar-refractivity contribution in [1.29, 1.82) is 0 Å². The lowest BCUT2D eigenvalue weighted by molar-refractivity contribution is -0.143. The second-order valence-electron chi connectivity index (χ2n) is 5.58. The second-order valence-corrected chi connectivity index (χ2v) is 5.58. The number of piperidine rings is 1. The van der Waals surface area contributed by atoms with Gasteiger partial charge < -0.3 is 15.7 Å². The Hall–Kier alpha value is -0.610. The minimum atomic E-state index is -1.12. The second kappa shape index (κ2) is 5.15. The van der Waals surface area contributed by atoms with Gasteiger partial charge in [-0.2, -0.15) is 0 Å². The highest BCUT2D eigenvalue weighted by atomic mass is 16.4. The lowest BCUT2D eigenvalue weighted by Crippen LogP contribution is -2.55. The van der Waals surface area contributed by atoms with Gasteiger partial charge in [0.2, 0.25) is 0 Å². The van der Waals surface area contributed by atoms with E-state index in [1.807, 2.05) is 0 Å². The van der Waals surface area contributed by atoms with Crippen LogP contribution in [-0.4, -0.2) is 41.1 Å². The van der Waals surface area contributed by atoms with Crippen LogP contribution in [0.1, 0.15) is 33.6 Å². The number of hydrogen-bond acceptors (Lipinski definition) is 3. The Morgan fingerprint density at radius 2 is 2.00 bits per heavy atom. The van der Waals surface area contributed by atoms with Gasteiger partial charge in [0.15, 0.2) is 0 Å². The van der Waals surface area contributed by atoms with Gasteiger partial charge in [0.25, 0.3) is 0 Å². The first-order valence-electron chi connectivity index (χ1n) is 6.07. The first-order chi connectivity index (χ1) is 7.33. The lowest BCUT2D eigenvalue weighted by Gasteiger charge is -2.36. The molecule has 1 saturated heterocycles. The molecular formula is C12H24N2O2. The molecule has 1 unspecified atom stereocenters. The monoisotopic (exact) mass is 228 g/mol. The van der Waals surface area contributed by atoms with Gasteiger partial charge in [-0.3, -0.25) is 4.79 Å². The smallest absolute Gasteiger partial charge is 0.324 e. The van der Waals surface area contributed by atoms with Crippen molar-refractivity contribution in [1.82, 2.24) is 4.90 Å². The van der Waals surface area contributed by atoms with Crippen molar-refractivity contribution in [2.45, 2.75) is 39.2 Å². The molecule has 1 atom stereocenters. The first kappa shape index (κ1) is 13.5. The molecule has 0 aromatic heterocycles. The van der Waals surface area contributed by atoms with Crippen molar-refractivity contribution in [2.75, 3.05) is 19.6 Å². The highest BCUT2D eigenvalue weighted by Gasteiger charge is 2.32. The standard InChI is InChI=1S/C12H24N2O2/c1-9(2)10-4-6-14(7-5-10)8-12(3,13)11(15)16/h9-10H,4-8,13H2,1-3H3,(H,15,16). The van der Waals surface area contributed by atoms with Crippen LogP contribution in [0.5, 0.6) is 0 Å². The van der Waals surface area contributed by atoms with E-state index in [0.717, 1.165) is 37.8 Å². The van der Waals surface area contributed by atoms with Crippen LogP contribution in [0.2, 0.25) is 0 Å². The van der Waals surface area contributed by atoms with E-state index in [1.165, 1.54) is 0 Å². The zero-order chi connectivity index (χ0) is 12.3. The van der Waals surface area contributed by atoms with Crippen molar-refractivity contribution in [3.05, 3.63) is 0 Å². The minimum Gasteiger partial charge on any atom is -0.480 e. The van der Waals surface area contributed by atoms with Gasteiger partial charge in [-0.15, -0.1) is 0 Å². The van der Waals surface area contributed by atoms with Crippen molar-refractivity contribution in [3.8, 4) is 0 Å². The van der Waals surface area contributed by atoms with Gasteiger partial charge in [-0.25, -0.2) is 0 Å². The third-order valence-electron chi connectivity index (χ3n) is 3.62. The normalized spacial score (nSPS) is 23.3. The zero-order valence-corrected chi connectivity index (χ0v) is 10.6. The van der Waals surface area contributed by atoms with E-state index in [2.05, 4.69) is 18.7 Å². The van der Waals surface area contributed by atoms with Crippen LogP contribution in [0.25, 0.3) is 0 Å². The fraction of sp³-hybridized carbons (Fsp3) is 0.917. The molecule has 0 radical (unpaired) electrons. The summed E-state index contributed by atoms with van der Waals surface area (Å²) in [5.74, 6) is 0.592. The largest absolute Gasteiger partial charge is 0.480 e. The summed E-state index contributed by atoms with van der Waals surface area (Å²) in [5, 5.41) is 8.96. The van der Waals surface area contributed by atoms with E-state index in [9.17, 15) is 4.79 Å². The molecule has 0 aliphatic carbocycles. The molecule has 4 nitrogen and oxygen atoms in total. The Labute approximate surface area is 97.8 Å². The molecule has 0 saturated carbocycles. The van der Waals surface area contributed by atoms with Crippen LogP contribution in [0.4, 0.5) is 0 Å². The molecule has 0 amide bonds. The topological polar surface area (TPSA) is 66.6 Å². The summed E-state index contributed by atoms with van der Waals surface area (Å²) in [7, 11) is 0. The van der Waals surface area contributed by atoms with Gasteiger partial charge in [0.1, 0.15) is 5.54 Å². The Balaban J connectivity index is 2.40. The molecule has 1 heterocycles. The Morgan fingerprint density at radius 3 is 2.38 bits per heavy atom. The number of rotatable bonds is 4. The maximum atomic E-state index is 10.9. The fourth-order valence-corrected chi connectivity index (χ4v) is 2.31. The summed E-state index contributed by atoms with van der Waals surface area (Å²) in [5.41, 5.74) is 4.62. The molecule has 3 N–H and O–H groups in total. The number of likely N-dealkylation sites (tertiary alicyclic amines) is 1. The molecule has 1 rings (SSSR count). The van der Waals surface area contributed by atoms with Crippen molar-refractivity contribution < 1.29 is 9.90 Å². The van der Waals surface area contributed by atoms with E-state index in [1.54, 1.807) is 6.92 Å². The highest BCUT2D eigenvalue weighted by Crippen LogP contribution is 2.24. The number of carbonyl (C=O) groups is 1. The van der Waals surface area contributed by atoms with Crippen LogP contribution < -0.4 is 5.73 Å².